The highest BCUT2D eigenvalue weighted by Crippen LogP contribution is 2.29. The van der Waals surface area contributed by atoms with Crippen molar-refractivity contribution in [1.82, 2.24) is 14.5 Å². The number of aromatic nitrogens is 2. The van der Waals surface area contributed by atoms with E-state index < -0.39 is 0 Å². The lowest BCUT2D eigenvalue weighted by molar-refractivity contribution is -0.151. The van der Waals surface area contributed by atoms with Gasteiger partial charge < -0.3 is 14.4 Å². The van der Waals surface area contributed by atoms with Crippen molar-refractivity contribution in [3.05, 3.63) is 48.5 Å². The van der Waals surface area contributed by atoms with Crippen LogP contribution in [0.4, 0.5) is 0 Å². The van der Waals surface area contributed by atoms with Gasteiger partial charge in [-0.15, -0.1) is 0 Å². The predicted molar refractivity (Wildman–Crippen MR) is 129 cm³/mol. The number of amides is 1. The zero-order valence-electron chi connectivity index (χ0n) is 19.0. The number of para-hydroxylation sites is 2. The summed E-state index contributed by atoms with van der Waals surface area (Å²) in [5, 5.41) is 0.773. The molecule has 0 spiro atoms. The van der Waals surface area contributed by atoms with Crippen molar-refractivity contribution in [2.45, 2.75) is 31.8 Å². The van der Waals surface area contributed by atoms with E-state index in [0.29, 0.717) is 44.9 Å². The molecule has 0 N–H and O–H groups in total. The molecule has 4 rings (SSSR count). The Balaban J connectivity index is 1.46. The largest absolute Gasteiger partial charge is 0.494 e. The molecule has 0 saturated carbocycles. The Bertz CT molecular complexity index is 1100. The maximum absolute atomic E-state index is 12.9. The fourth-order valence-corrected chi connectivity index (χ4v) is 4.98. The number of rotatable bonds is 8. The number of nitrogens with zero attached hydrogens (tertiary/aromatic N) is 3. The van der Waals surface area contributed by atoms with E-state index in [2.05, 4.69) is 4.57 Å². The second kappa shape index (κ2) is 10.7. The Morgan fingerprint density at radius 2 is 1.76 bits per heavy atom. The van der Waals surface area contributed by atoms with Crippen molar-refractivity contribution in [3.63, 3.8) is 0 Å². The molecule has 0 aliphatic carbocycles. The van der Waals surface area contributed by atoms with Gasteiger partial charge in [0.25, 0.3) is 0 Å². The second-order valence-electron chi connectivity index (χ2n) is 7.84. The molecule has 1 saturated heterocycles. The maximum Gasteiger partial charge on any atom is 0.309 e. The minimum absolute atomic E-state index is 0.0626. The molecule has 3 aromatic rings. The number of hydrogen-bond donors (Lipinski definition) is 0. The monoisotopic (exact) mass is 467 g/mol. The molecule has 174 valence electrons. The first-order valence-corrected chi connectivity index (χ1v) is 12.4. The Kier molecular flexibility index (Phi) is 7.54. The van der Waals surface area contributed by atoms with Gasteiger partial charge in [-0.25, -0.2) is 4.98 Å². The summed E-state index contributed by atoms with van der Waals surface area (Å²) in [6.45, 7) is 5.95. The van der Waals surface area contributed by atoms with E-state index in [1.165, 1.54) is 11.8 Å². The third-order valence-corrected chi connectivity index (χ3v) is 6.65. The normalized spacial score (nSPS) is 14.4. The molecule has 2 heterocycles. The second-order valence-corrected chi connectivity index (χ2v) is 8.78. The molecule has 0 unspecified atom stereocenters. The molecule has 0 radical (unpaired) electrons. The Hall–Kier alpha value is -3.00. The van der Waals surface area contributed by atoms with Gasteiger partial charge in [0.1, 0.15) is 5.75 Å². The molecule has 1 fully saturated rings. The van der Waals surface area contributed by atoms with E-state index >= 15 is 0 Å². The average Bonchev–Trinajstić information content (AvgIpc) is 3.22. The van der Waals surface area contributed by atoms with Gasteiger partial charge in [-0.2, -0.15) is 0 Å². The third kappa shape index (κ3) is 5.33. The highest BCUT2D eigenvalue weighted by molar-refractivity contribution is 7.99. The molecule has 1 aliphatic rings. The van der Waals surface area contributed by atoms with Gasteiger partial charge in [0.05, 0.1) is 35.9 Å². The fraction of sp³-hybridized carbons (Fsp3) is 0.400. The number of hydrogen-bond acceptors (Lipinski definition) is 6. The molecule has 1 aliphatic heterocycles. The average molecular weight is 468 g/mol. The number of piperidine rings is 1. The van der Waals surface area contributed by atoms with Crippen LogP contribution in [0.15, 0.2) is 53.7 Å². The van der Waals surface area contributed by atoms with Crippen LogP contribution < -0.4 is 4.74 Å². The maximum atomic E-state index is 12.9. The van der Waals surface area contributed by atoms with Crippen LogP contribution in [0.2, 0.25) is 0 Å². The van der Waals surface area contributed by atoms with E-state index in [1.807, 2.05) is 67.3 Å². The van der Waals surface area contributed by atoms with Crippen molar-refractivity contribution >= 4 is 34.7 Å². The number of imidazole rings is 1. The number of likely N-dealkylation sites (tertiary alicyclic amines) is 1. The molecule has 0 atom stereocenters. The van der Waals surface area contributed by atoms with Crippen LogP contribution in [-0.4, -0.2) is 58.4 Å². The highest BCUT2D eigenvalue weighted by Gasteiger charge is 2.28. The number of benzene rings is 2. The zero-order valence-corrected chi connectivity index (χ0v) is 19.8. The van der Waals surface area contributed by atoms with Crippen LogP contribution in [0.25, 0.3) is 16.7 Å². The SMILES string of the molecule is CCOC(=O)C1CCN(C(=O)CSc2nc3ccccc3n2-c2ccc(OCC)cc2)CC1. The summed E-state index contributed by atoms with van der Waals surface area (Å²) in [4.78, 5) is 31.5. The number of carbonyl (C=O) groups excluding carboxylic acids is 2. The number of esters is 1. The quantitative estimate of drug-likeness (QED) is 0.363. The number of ether oxygens (including phenoxy) is 2. The van der Waals surface area contributed by atoms with Crippen LogP contribution in [0.5, 0.6) is 5.75 Å². The molecule has 8 heteroatoms. The van der Waals surface area contributed by atoms with Crippen molar-refractivity contribution in [2.24, 2.45) is 5.92 Å². The lowest BCUT2D eigenvalue weighted by atomic mass is 9.97. The van der Waals surface area contributed by atoms with Gasteiger partial charge in [0, 0.05) is 18.8 Å². The number of fused-ring (bicyclic) bond motifs is 1. The van der Waals surface area contributed by atoms with Gasteiger partial charge in [0.15, 0.2) is 5.16 Å². The molecule has 33 heavy (non-hydrogen) atoms. The van der Waals surface area contributed by atoms with Crippen LogP contribution in [0.3, 0.4) is 0 Å². The Morgan fingerprint density at radius 1 is 1.03 bits per heavy atom. The van der Waals surface area contributed by atoms with Crippen molar-refractivity contribution < 1.29 is 19.1 Å². The summed E-state index contributed by atoms with van der Waals surface area (Å²) < 4.78 is 12.8. The van der Waals surface area contributed by atoms with Crippen LogP contribution in [0.1, 0.15) is 26.7 Å². The van der Waals surface area contributed by atoms with E-state index in [0.717, 1.165) is 27.6 Å². The minimum atomic E-state index is -0.150. The van der Waals surface area contributed by atoms with Gasteiger partial charge in [-0.05, 0) is 63.1 Å². The number of carbonyl (C=O) groups is 2. The summed E-state index contributed by atoms with van der Waals surface area (Å²) in [7, 11) is 0. The van der Waals surface area contributed by atoms with E-state index in [-0.39, 0.29) is 17.8 Å². The summed E-state index contributed by atoms with van der Waals surface area (Å²) >= 11 is 1.44. The number of thioether (sulfide) groups is 1. The van der Waals surface area contributed by atoms with Gasteiger partial charge in [-0.1, -0.05) is 23.9 Å². The molecular weight excluding hydrogens is 438 g/mol. The van der Waals surface area contributed by atoms with Crippen LogP contribution in [0, 0.1) is 5.92 Å². The first-order valence-electron chi connectivity index (χ1n) is 11.4. The molecule has 1 amide bonds. The zero-order chi connectivity index (χ0) is 23.2. The predicted octanol–water partition coefficient (Wildman–Crippen LogP) is 4.32. The van der Waals surface area contributed by atoms with Gasteiger partial charge in [0.2, 0.25) is 5.91 Å². The molecule has 7 nitrogen and oxygen atoms in total. The van der Waals surface area contributed by atoms with Gasteiger partial charge >= 0.3 is 5.97 Å². The van der Waals surface area contributed by atoms with Crippen molar-refractivity contribution in [3.8, 4) is 11.4 Å². The van der Waals surface area contributed by atoms with E-state index in [4.69, 9.17) is 14.5 Å². The van der Waals surface area contributed by atoms with Crippen LogP contribution >= 0.6 is 11.8 Å². The standard InChI is InChI=1S/C25H29N3O4S/c1-3-31-20-11-9-19(10-12-20)28-22-8-6-5-7-21(22)26-25(28)33-17-23(29)27-15-13-18(14-16-27)24(30)32-4-2/h5-12,18H,3-4,13-17H2,1-2H3. The summed E-state index contributed by atoms with van der Waals surface area (Å²) in [6, 6.07) is 15.9. The summed E-state index contributed by atoms with van der Waals surface area (Å²) in [5.74, 6) is 0.923. The van der Waals surface area contributed by atoms with Gasteiger partial charge in [-0.3, -0.25) is 14.2 Å². The van der Waals surface area contributed by atoms with Crippen molar-refractivity contribution in [1.29, 1.82) is 0 Å². The Morgan fingerprint density at radius 3 is 2.45 bits per heavy atom. The summed E-state index contributed by atoms with van der Waals surface area (Å²) in [6.07, 6.45) is 1.31. The minimum Gasteiger partial charge on any atom is -0.494 e. The van der Waals surface area contributed by atoms with Crippen molar-refractivity contribution in [2.75, 3.05) is 32.1 Å². The topological polar surface area (TPSA) is 73.7 Å². The lowest BCUT2D eigenvalue weighted by Gasteiger charge is -2.30. The first kappa shape index (κ1) is 23.2. The smallest absolute Gasteiger partial charge is 0.309 e. The molecule has 1 aromatic heterocycles. The molecule has 2 aromatic carbocycles. The van der Waals surface area contributed by atoms with Crippen LogP contribution in [-0.2, 0) is 14.3 Å². The first-order chi connectivity index (χ1) is 16.1. The Labute approximate surface area is 198 Å². The third-order valence-electron chi connectivity index (χ3n) is 5.73. The molecule has 0 bridgehead atoms. The summed E-state index contributed by atoms with van der Waals surface area (Å²) in [5.41, 5.74) is 2.85. The highest BCUT2D eigenvalue weighted by atomic mass is 32.2. The fourth-order valence-electron chi connectivity index (χ4n) is 4.05. The van der Waals surface area contributed by atoms with E-state index in [1.54, 1.807) is 0 Å². The lowest BCUT2D eigenvalue weighted by Crippen LogP contribution is -2.41. The molecular formula is C25H29N3O4S. The van der Waals surface area contributed by atoms with E-state index in [9.17, 15) is 9.59 Å².